The van der Waals surface area contributed by atoms with E-state index in [4.69, 9.17) is 5.11 Å². The summed E-state index contributed by atoms with van der Waals surface area (Å²) in [5.74, 6) is 0.736. The first kappa shape index (κ1) is 6.09. The van der Waals surface area contributed by atoms with Gasteiger partial charge in [-0.3, -0.25) is 0 Å². The third kappa shape index (κ3) is 1.48. The molecule has 0 amide bonds. The van der Waals surface area contributed by atoms with E-state index in [0.717, 1.165) is 5.92 Å². The Balaban J connectivity index is 2.06. The van der Waals surface area contributed by atoms with Crippen LogP contribution in [-0.2, 0) is 0 Å². The summed E-state index contributed by atoms with van der Waals surface area (Å²) >= 11 is 0. The zero-order chi connectivity index (χ0) is 5.82. The highest BCUT2D eigenvalue weighted by Gasteiger charge is 2.13. The predicted molar refractivity (Wildman–Crippen MR) is 33.3 cm³/mol. The van der Waals surface area contributed by atoms with Crippen molar-refractivity contribution in [1.82, 2.24) is 0 Å². The molecule has 1 radical (unpaired) electrons. The lowest BCUT2D eigenvalue weighted by Crippen LogP contribution is -1.96. The largest absolute Gasteiger partial charge is 0.396 e. The Kier molecular flexibility index (Phi) is 2.34. The van der Waals surface area contributed by atoms with E-state index >= 15 is 0 Å². The third-order valence-corrected chi connectivity index (χ3v) is 1.84. The van der Waals surface area contributed by atoms with Gasteiger partial charge < -0.3 is 5.11 Å². The topological polar surface area (TPSA) is 20.2 Å². The first-order valence-electron chi connectivity index (χ1n) is 3.37. The molecule has 1 fully saturated rings. The minimum atomic E-state index is 0.269. The Morgan fingerprint density at radius 3 is 2.50 bits per heavy atom. The van der Waals surface area contributed by atoms with Crippen LogP contribution < -0.4 is 0 Å². The molecule has 1 aliphatic carbocycles. The lowest BCUT2D eigenvalue weighted by atomic mass is 10.1. The van der Waals surface area contributed by atoms with Crippen LogP contribution >= 0.6 is 0 Å². The van der Waals surface area contributed by atoms with Crippen molar-refractivity contribution in [2.24, 2.45) is 5.92 Å². The smallest absolute Gasteiger partial charge is 0.0465 e. The van der Waals surface area contributed by atoms with Crippen LogP contribution in [0.4, 0.5) is 0 Å². The van der Waals surface area contributed by atoms with Crippen molar-refractivity contribution in [1.29, 1.82) is 0 Å². The van der Waals surface area contributed by atoms with Crippen molar-refractivity contribution in [3.05, 3.63) is 6.42 Å². The molecule has 0 heterocycles. The van der Waals surface area contributed by atoms with E-state index in [1.807, 2.05) is 6.42 Å². The Bertz CT molecular complexity index is 55.4. The van der Waals surface area contributed by atoms with E-state index in [0.29, 0.717) is 0 Å². The average molecular weight is 113 g/mol. The van der Waals surface area contributed by atoms with Gasteiger partial charge >= 0.3 is 0 Å². The van der Waals surface area contributed by atoms with Gasteiger partial charge in [-0.2, -0.15) is 0 Å². The molecule has 0 spiro atoms. The van der Waals surface area contributed by atoms with E-state index in [1.54, 1.807) is 0 Å². The van der Waals surface area contributed by atoms with E-state index in [2.05, 4.69) is 0 Å². The lowest BCUT2D eigenvalue weighted by Gasteiger charge is -2.02. The van der Waals surface area contributed by atoms with E-state index in [1.165, 1.54) is 25.7 Å². The van der Waals surface area contributed by atoms with Gasteiger partial charge in [-0.25, -0.2) is 0 Å². The van der Waals surface area contributed by atoms with Crippen molar-refractivity contribution in [2.75, 3.05) is 6.61 Å². The Hall–Kier alpha value is -0.0400. The monoisotopic (exact) mass is 113 g/mol. The zero-order valence-electron chi connectivity index (χ0n) is 5.14. The van der Waals surface area contributed by atoms with Crippen LogP contribution in [-0.4, -0.2) is 11.7 Å². The van der Waals surface area contributed by atoms with E-state index in [9.17, 15) is 0 Å². The minimum Gasteiger partial charge on any atom is -0.396 e. The van der Waals surface area contributed by atoms with Gasteiger partial charge in [0.1, 0.15) is 0 Å². The van der Waals surface area contributed by atoms with E-state index in [-0.39, 0.29) is 6.61 Å². The molecule has 0 atom stereocenters. The van der Waals surface area contributed by atoms with Crippen molar-refractivity contribution in [3.8, 4) is 0 Å². The molecule has 8 heavy (non-hydrogen) atoms. The minimum absolute atomic E-state index is 0.269. The van der Waals surface area contributed by atoms with E-state index < -0.39 is 0 Å². The summed E-state index contributed by atoms with van der Waals surface area (Å²) in [5, 5.41) is 8.47. The van der Waals surface area contributed by atoms with Crippen LogP contribution in [0, 0.1) is 12.3 Å². The average Bonchev–Trinajstić information content (AvgIpc) is 2.19. The molecule has 1 heteroatoms. The van der Waals surface area contributed by atoms with Crippen LogP contribution in [0.25, 0.3) is 0 Å². The van der Waals surface area contributed by atoms with Crippen molar-refractivity contribution < 1.29 is 5.11 Å². The quantitative estimate of drug-likeness (QED) is 0.573. The predicted octanol–water partition coefficient (Wildman–Crippen LogP) is 1.37. The summed E-state index contributed by atoms with van der Waals surface area (Å²) in [5.41, 5.74) is 0. The molecule has 47 valence electrons. The Morgan fingerprint density at radius 2 is 2.00 bits per heavy atom. The number of aliphatic hydroxyl groups is 1. The number of rotatable bonds is 2. The Morgan fingerprint density at radius 1 is 1.38 bits per heavy atom. The highest BCUT2D eigenvalue weighted by molar-refractivity contribution is 4.79. The molecule has 0 bridgehead atoms. The maximum Gasteiger partial charge on any atom is 0.0465 e. The Labute approximate surface area is 50.7 Å². The highest BCUT2D eigenvalue weighted by atomic mass is 16.3. The second kappa shape index (κ2) is 3.08. The van der Waals surface area contributed by atoms with Gasteiger partial charge in [-0.05, 0) is 12.3 Å². The van der Waals surface area contributed by atoms with Crippen molar-refractivity contribution in [3.63, 3.8) is 0 Å². The van der Waals surface area contributed by atoms with Gasteiger partial charge in [0.05, 0.1) is 0 Å². The molecule has 1 saturated carbocycles. The van der Waals surface area contributed by atoms with Gasteiger partial charge in [0.25, 0.3) is 0 Å². The molecular weight excluding hydrogens is 100 g/mol. The summed E-state index contributed by atoms with van der Waals surface area (Å²) in [4.78, 5) is 0. The maximum atomic E-state index is 8.47. The maximum absolute atomic E-state index is 8.47. The van der Waals surface area contributed by atoms with Gasteiger partial charge in [-0.15, -0.1) is 0 Å². The molecule has 0 unspecified atom stereocenters. The summed E-state index contributed by atoms with van der Waals surface area (Å²) in [6.45, 7) is 0.269. The normalized spacial score (nSPS) is 22.1. The summed E-state index contributed by atoms with van der Waals surface area (Å²) < 4.78 is 0. The molecule has 1 N–H and O–H groups in total. The first-order chi connectivity index (χ1) is 3.93. The molecule has 0 aromatic rings. The van der Waals surface area contributed by atoms with Crippen LogP contribution in [0.3, 0.4) is 0 Å². The van der Waals surface area contributed by atoms with Crippen LogP contribution in [0.15, 0.2) is 0 Å². The molecule has 1 aliphatic rings. The van der Waals surface area contributed by atoms with Gasteiger partial charge in [-0.1, -0.05) is 25.7 Å². The first-order valence-corrected chi connectivity index (χ1v) is 3.37. The van der Waals surface area contributed by atoms with Gasteiger partial charge in [0.15, 0.2) is 0 Å². The number of hydrogen-bond acceptors (Lipinski definition) is 1. The number of aliphatic hydroxyl groups excluding tert-OH is 1. The van der Waals surface area contributed by atoms with Crippen LogP contribution in [0.1, 0.15) is 25.7 Å². The number of hydrogen-bond donors (Lipinski definition) is 1. The molecule has 0 aromatic heterocycles. The van der Waals surface area contributed by atoms with Gasteiger partial charge in [0.2, 0.25) is 0 Å². The molecular formula is C7H13O. The van der Waals surface area contributed by atoms with Crippen molar-refractivity contribution in [2.45, 2.75) is 25.7 Å². The third-order valence-electron chi connectivity index (χ3n) is 1.84. The fourth-order valence-electron chi connectivity index (χ4n) is 1.34. The second-order valence-corrected chi connectivity index (χ2v) is 2.46. The van der Waals surface area contributed by atoms with Gasteiger partial charge in [0, 0.05) is 6.61 Å². The summed E-state index contributed by atoms with van der Waals surface area (Å²) in [6.07, 6.45) is 7.36. The van der Waals surface area contributed by atoms with Crippen LogP contribution in [0.5, 0.6) is 0 Å². The lowest BCUT2D eigenvalue weighted by molar-refractivity contribution is 0.309. The highest BCUT2D eigenvalue weighted by Crippen LogP contribution is 2.26. The SMILES string of the molecule is OC[CH]C1CCCC1. The summed E-state index contributed by atoms with van der Waals surface area (Å²) in [6, 6.07) is 0. The molecule has 1 rings (SSSR count). The summed E-state index contributed by atoms with van der Waals surface area (Å²) in [7, 11) is 0. The molecule has 0 saturated heterocycles. The second-order valence-electron chi connectivity index (χ2n) is 2.46. The fourth-order valence-corrected chi connectivity index (χ4v) is 1.34. The fraction of sp³-hybridized carbons (Fsp3) is 0.857. The molecule has 1 nitrogen and oxygen atoms in total. The zero-order valence-corrected chi connectivity index (χ0v) is 5.14. The molecule has 0 aromatic carbocycles. The van der Waals surface area contributed by atoms with Crippen molar-refractivity contribution >= 4 is 0 Å². The standard InChI is InChI=1S/C7H13O/c8-6-5-7-3-1-2-4-7/h5,7-8H,1-4,6H2. The molecule has 0 aliphatic heterocycles. The van der Waals surface area contributed by atoms with Crippen LogP contribution in [0.2, 0.25) is 0 Å².